The predicted molar refractivity (Wildman–Crippen MR) is 91.5 cm³/mol. The Kier molecular flexibility index (Phi) is 6.64. The number of hydrogen-bond donors (Lipinski definition) is 1. The van der Waals surface area contributed by atoms with Crippen LogP contribution in [0.25, 0.3) is 0 Å². The van der Waals surface area contributed by atoms with Crippen molar-refractivity contribution < 1.29 is 23.9 Å². The van der Waals surface area contributed by atoms with E-state index in [9.17, 15) is 14.4 Å². The van der Waals surface area contributed by atoms with Crippen LogP contribution < -0.4 is 10.1 Å². The SMILES string of the molecule is COc1ccc(Cl)cc1CC(=O)OCC(=O)N(C)CC(=O)NC1CC1. The molecule has 0 saturated heterocycles. The first-order chi connectivity index (χ1) is 11.9. The smallest absolute Gasteiger partial charge is 0.310 e. The molecule has 0 radical (unpaired) electrons. The third-order valence-electron chi connectivity index (χ3n) is 3.68. The molecule has 0 aliphatic heterocycles. The van der Waals surface area contributed by atoms with Crippen molar-refractivity contribution in [3.05, 3.63) is 28.8 Å². The van der Waals surface area contributed by atoms with E-state index in [0.717, 1.165) is 12.8 Å². The summed E-state index contributed by atoms with van der Waals surface area (Å²) >= 11 is 5.91. The number of likely N-dealkylation sites (N-methyl/N-ethyl adjacent to an activating group) is 1. The van der Waals surface area contributed by atoms with E-state index in [4.69, 9.17) is 21.1 Å². The molecule has 1 N–H and O–H groups in total. The normalized spacial score (nSPS) is 13.1. The summed E-state index contributed by atoms with van der Waals surface area (Å²) in [5.41, 5.74) is 0.574. The molecule has 136 valence electrons. The molecule has 25 heavy (non-hydrogen) atoms. The van der Waals surface area contributed by atoms with Crippen molar-refractivity contribution in [2.24, 2.45) is 0 Å². The number of benzene rings is 1. The van der Waals surface area contributed by atoms with Gasteiger partial charge in [-0.2, -0.15) is 0 Å². The number of esters is 1. The van der Waals surface area contributed by atoms with Gasteiger partial charge < -0.3 is 19.7 Å². The summed E-state index contributed by atoms with van der Waals surface area (Å²) in [6.45, 7) is -0.482. The van der Waals surface area contributed by atoms with Crippen LogP contribution in [-0.2, 0) is 25.5 Å². The Hall–Kier alpha value is -2.28. The van der Waals surface area contributed by atoms with Crippen molar-refractivity contribution >= 4 is 29.4 Å². The second kappa shape index (κ2) is 8.71. The molecule has 0 heterocycles. The van der Waals surface area contributed by atoms with Gasteiger partial charge >= 0.3 is 5.97 Å². The van der Waals surface area contributed by atoms with E-state index in [-0.39, 0.29) is 24.9 Å². The van der Waals surface area contributed by atoms with Crippen molar-refractivity contribution in [2.75, 3.05) is 27.3 Å². The highest BCUT2D eigenvalue weighted by molar-refractivity contribution is 6.30. The van der Waals surface area contributed by atoms with Crippen LogP contribution in [0.15, 0.2) is 18.2 Å². The highest BCUT2D eigenvalue weighted by Gasteiger charge is 2.24. The second-order valence-electron chi connectivity index (χ2n) is 5.89. The number of halogens is 1. The standard InChI is InChI=1S/C17H21ClN2O5/c1-20(9-15(21)19-13-4-5-13)16(22)10-25-17(23)8-11-7-12(18)3-6-14(11)24-2/h3,6-7,13H,4-5,8-10H2,1-2H3,(H,19,21). The zero-order valence-corrected chi connectivity index (χ0v) is 15.0. The van der Waals surface area contributed by atoms with Crippen molar-refractivity contribution in [1.82, 2.24) is 10.2 Å². The molecule has 8 heteroatoms. The molecule has 0 bridgehead atoms. The Morgan fingerprint density at radius 3 is 2.68 bits per heavy atom. The van der Waals surface area contributed by atoms with E-state index in [1.807, 2.05) is 0 Å². The highest BCUT2D eigenvalue weighted by Crippen LogP contribution is 2.23. The fourth-order valence-electron chi connectivity index (χ4n) is 2.15. The lowest BCUT2D eigenvalue weighted by molar-refractivity contribution is -0.151. The van der Waals surface area contributed by atoms with Gasteiger partial charge in [-0.3, -0.25) is 14.4 Å². The maximum atomic E-state index is 11.9. The number of carbonyl (C=O) groups excluding carboxylic acids is 3. The van der Waals surface area contributed by atoms with Gasteiger partial charge in [0.05, 0.1) is 20.1 Å². The van der Waals surface area contributed by atoms with Crippen molar-refractivity contribution in [3.63, 3.8) is 0 Å². The molecular weight excluding hydrogens is 348 g/mol. The molecule has 1 aliphatic rings. The van der Waals surface area contributed by atoms with E-state index in [2.05, 4.69) is 5.32 Å². The minimum atomic E-state index is -0.579. The Bertz CT molecular complexity index is 660. The lowest BCUT2D eigenvalue weighted by Gasteiger charge is -2.16. The van der Waals surface area contributed by atoms with E-state index in [1.54, 1.807) is 18.2 Å². The van der Waals surface area contributed by atoms with Gasteiger partial charge in [-0.05, 0) is 31.0 Å². The minimum Gasteiger partial charge on any atom is -0.496 e. The molecule has 2 amide bonds. The maximum Gasteiger partial charge on any atom is 0.310 e. The van der Waals surface area contributed by atoms with Crippen LogP contribution >= 0.6 is 11.6 Å². The van der Waals surface area contributed by atoms with Crippen LogP contribution in [0.3, 0.4) is 0 Å². The number of carbonyl (C=O) groups is 3. The van der Waals surface area contributed by atoms with Gasteiger partial charge in [-0.25, -0.2) is 0 Å². The Morgan fingerprint density at radius 2 is 2.04 bits per heavy atom. The number of nitrogens with one attached hydrogen (secondary N) is 1. The number of ether oxygens (including phenoxy) is 2. The van der Waals surface area contributed by atoms with Gasteiger partial charge in [0.1, 0.15) is 5.75 Å². The summed E-state index contributed by atoms with van der Waals surface area (Å²) in [6, 6.07) is 5.15. The van der Waals surface area contributed by atoms with Crippen LogP contribution in [0, 0.1) is 0 Å². The predicted octanol–water partition coefficient (Wildman–Crippen LogP) is 1.17. The zero-order chi connectivity index (χ0) is 18.4. The third kappa shape index (κ3) is 6.26. The van der Waals surface area contributed by atoms with Gasteiger partial charge in [0.15, 0.2) is 6.61 Å². The summed E-state index contributed by atoms with van der Waals surface area (Å²) in [7, 11) is 2.98. The number of rotatable bonds is 8. The van der Waals surface area contributed by atoms with Gasteiger partial charge in [-0.15, -0.1) is 0 Å². The van der Waals surface area contributed by atoms with Crippen LogP contribution in [0.4, 0.5) is 0 Å². The lowest BCUT2D eigenvalue weighted by Crippen LogP contribution is -2.40. The van der Waals surface area contributed by atoms with Crippen molar-refractivity contribution in [2.45, 2.75) is 25.3 Å². The molecule has 1 fully saturated rings. The fourth-order valence-corrected chi connectivity index (χ4v) is 2.34. The van der Waals surface area contributed by atoms with Gasteiger partial charge in [0.25, 0.3) is 5.91 Å². The molecule has 1 saturated carbocycles. The van der Waals surface area contributed by atoms with Crippen molar-refractivity contribution in [1.29, 1.82) is 0 Å². The molecule has 0 unspecified atom stereocenters. The number of amides is 2. The summed E-state index contributed by atoms with van der Waals surface area (Å²) in [5, 5.41) is 3.26. The average Bonchev–Trinajstić information content (AvgIpc) is 3.36. The Labute approximate surface area is 151 Å². The van der Waals surface area contributed by atoms with Crippen LogP contribution in [0.5, 0.6) is 5.75 Å². The Balaban J connectivity index is 1.77. The number of methoxy groups -OCH3 is 1. The minimum absolute atomic E-state index is 0.0605. The second-order valence-corrected chi connectivity index (χ2v) is 6.32. The molecule has 2 rings (SSSR count). The van der Waals surface area contributed by atoms with E-state index < -0.39 is 18.5 Å². The lowest BCUT2D eigenvalue weighted by atomic mass is 10.1. The molecule has 0 atom stereocenters. The third-order valence-corrected chi connectivity index (χ3v) is 3.92. The summed E-state index contributed by atoms with van der Waals surface area (Å²) < 4.78 is 10.1. The average molecular weight is 369 g/mol. The first-order valence-corrected chi connectivity index (χ1v) is 8.28. The summed E-state index contributed by atoms with van der Waals surface area (Å²) in [4.78, 5) is 36.7. The molecule has 1 aromatic carbocycles. The van der Waals surface area contributed by atoms with E-state index in [0.29, 0.717) is 16.3 Å². The number of hydrogen-bond acceptors (Lipinski definition) is 5. The van der Waals surface area contributed by atoms with Crippen LogP contribution in [0.2, 0.25) is 5.02 Å². The Morgan fingerprint density at radius 1 is 1.32 bits per heavy atom. The fraction of sp³-hybridized carbons (Fsp3) is 0.471. The molecular formula is C17H21ClN2O5. The monoisotopic (exact) mass is 368 g/mol. The van der Waals surface area contributed by atoms with Gasteiger partial charge in [0, 0.05) is 23.7 Å². The van der Waals surface area contributed by atoms with E-state index >= 15 is 0 Å². The molecule has 0 spiro atoms. The van der Waals surface area contributed by atoms with Gasteiger partial charge in [0.2, 0.25) is 5.91 Å². The maximum absolute atomic E-state index is 11.9. The number of nitrogens with zero attached hydrogens (tertiary/aromatic N) is 1. The molecule has 1 aliphatic carbocycles. The van der Waals surface area contributed by atoms with Crippen LogP contribution in [0.1, 0.15) is 18.4 Å². The van der Waals surface area contributed by atoms with Crippen molar-refractivity contribution in [3.8, 4) is 5.75 Å². The van der Waals surface area contributed by atoms with Gasteiger partial charge in [-0.1, -0.05) is 11.6 Å². The first-order valence-electron chi connectivity index (χ1n) is 7.90. The summed E-state index contributed by atoms with van der Waals surface area (Å²) in [6.07, 6.45) is 1.89. The topological polar surface area (TPSA) is 84.9 Å². The quantitative estimate of drug-likeness (QED) is 0.696. The summed E-state index contributed by atoms with van der Waals surface area (Å²) in [5.74, 6) is -0.725. The zero-order valence-electron chi connectivity index (χ0n) is 14.2. The molecule has 7 nitrogen and oxygen atoms in total. The molecule has 0 aromatic heterocycles. The van der Waals surface area contributed by atoms with E-state index in [1.165, 1.54) is 19.1 Å². The van der Waals surface area contributed by atoms with Crippen LogP contribution in [-0.4, -0.2) is 56.0 Å². The first kappa shape index (κ1) is 19.1. The molecule has 1 aromatic rings. The highest BCUT2D eigenvalue weighted by atomic mass is 35.5. The largest absolute Gasteiger partial charge is 0.496 e.